The second kappa shape index (κ2) is 10.0. The molecule has 0 aliphatic carbocycles. The fourth-order valence-corrected chi connectivity index (χ4v) is 3.59. The van der Waals surface area contributed by atoms with Crippen LogP contribution in [0.3, 0.4) is 0 Å². The van der Waals surface area contributed by atoms with Crippen LogP contribution in [0, 0.1) is 6.92 Å². The van der Waals surface area contributed by atoms with Crippen molar-refractivity contribution in [3.63, 3.8) is 0 Å². The largest absolute Gasteiger partial charge is 0.379 e. The van der Waals surface area contributed by atoms with E-state index in [1.165, 1.54) is 4.90 Å². The normalized spacial score (nSPS) is 15.5. The number of rotatable bonds is 6. The highest BCUT2D eigenvalue weighted by Gasteiger charge is 2.24. The highest BCUT2D eigenvalue weighted by Crippen LogP contribution is 2.23. The van der Waals surface area contributed by atoms with E-state index in [0.29, 0.717) is 41.7 Å². The molecule has 3 rings (SSSR count). The van der Waals surface area contributed by atoms with E-state index in [1.54, 1.807) is 33.2 Å². The Kier molecular flexibility index (Phi) is 7.42. The van der Waals surface area contributed by atoms with Crippen LogP contribution in [-0.2, 0) is 4.74 Å². The Hall–Kier alpha value is -2.48. The summed E-state index contributed by atoms with van der Waals surface area (Å²) < 4.78 is 5.47. The molecular weight excluding hydrogens is 404 g/mol. The van der Waals surface area contributed by atoms with Gasteiger partial charge in [-0.1, -0.05) is 23.7 Å². The number of hydrogen-bond acceptors (Lipinski definition) is 5. The van der Waals surface area contributed by atoms with E-state index in [0.717, 1.165) is 18.7 Å². The van der Waals surface area contributed by atoms with Crippen LogP contribution in [-0.4, -0.2) is 73.5 Å². The van der Waals surface area contributed by atoms with Gasteiger partial charge in [-0.25, -0.2) is 4.98 Å². The summed E-state index contributed by atoms with van der Waals surface area (Å²) in [5.41, 5.74) is 2.39. The maximum atomic E-state index is 12.8. The number of morpholine rings is 1. The van der Waals surface area contributed by atoms with Gasteiger partial charge in [0.25, 0.3) is 11.8 Å². The first kappa shape index (κ1) is 22.2. The first-order valence-electron chi connectivity index (χ1n) is 9.91. The number of carbonyl (C=O) groups is 2. The number of hydrogen-bond donors (Lipinski definition) is 1. The van der Waals surface area contributed by atoms with Gasteiger partial charge in [0, 0.05) is 38.8 Å². The molecule has 1 N–H and O–H groups in total. The first-order chi connectivity index (χ1) is 14.4. The summed E-state index contributed by atoms with van der Waals surface area (Å²) in [5.74, 6) is -0.406. The van der Waals surface area contributed by atoms with Crippen LogP contribution in [0.25, 0.3) is 0 Å². The molecule has 2 heterocycles. The summed E-state index contributed by atoms with van der Waals surface area (Å²) in [4.78, 5) is 33.0. The lowest BCUT2D eigenvalue weighted by atomic mass is 10.0. The van der Waals surface area contributed by atoms with E-state index in [4.69, 9.17) is 16.3 Å². The van der Waals surface area contributed by atoms with Crippen molar-refractivity contribution in [3.8, 4) is 0 Å². The molecule has 2 aromatic rings. The van der Waals surface area contributed by atoms with Crippen LogP contribution in [0.2, 0.25) is 5.02 Å². The van der Waals surface area contributed by atoms with E-state index >= 15 is 0 Å². The molecule has 2 amide bonds. The van der Waals surface area contributed by atoms with Gasteiger partial charge in [0.15, 0.2) is 0 Å². The molecule has 1 fully saturated rings. The molecule has 160 valence electrons. The standard InChI is InChI=1S/C22H27ClN4O3/c1-15-18(8-9-19(25-15)22(29)26(2)3)21(28)24-14-20(27-10-12-30-13-11-27)16-4-6-17(23)7-5-16/h4-9,20H,10-14H2,1-3H3,(H,24,28). The molecule has 7 nitrogen and oxygen atoms in total. The topological polar surface area (TPSA) is 74.8 Å². The summed E-state index contributed by atoms with van der Waals surface area (Å²) in [6, 6.07) is 11.0. The van der Waals surface area contributed by atoms with Gasteiger partial charge in [0.1, 0.15) is 5.69 Å². The second-order valence-electron chi connectivity index (χ2n) is 7.45. The Morgan fingerprint density at radius 2 is 1.83 bits per heavy atom. The quantitative estimate of drug-likeness (QED) is 0.762. The van der Waals surface area contributed by atoms with Gasteiger partial charge >= 0.3 is 0 Å². The molecule has 1 aliphatic rings. The highest BCUT2D eigenvalue weighted by molar-refractivity contribution is 6.30. The van der Waals surface area contributed by atoms with Crippen molar-refractivity contribution < 1.29 is 14.3 Å². The van der Waals surface area contributed by atoms with Crippen molar-refractivity contribution in [1.29, 1.82) is 0 Å². The minimum absolute atomic E-state index is 0.0120. The van der Waals surface area contributed by atoms with Crippen LogP contribution < -0.4 is 5.32 Å². The SMILES string of the molecule is Cc1nc(C(=O)N(C)C)ccc1C(=O)NCC(c1ccc(Cl)cc1)N1CCOCC1. The molecule has 1 aliphatic heterocycles. The van der Waals surface area contributed by atoms with Gasteiger partial charge in [-0.2, -0.15) is 0 Å². The van der Waals surface area contributed by atoms with Crippen molar-refractivity contribution in [1.82, 2.24) is 20.1 Å². The zero-order valence-electron chi connectivity index (χ0n) is 17.5. The molecule has 0 spiro atoms. The highest BCUT2D eigenvalue weighted by atomic mass is 35.5. The Morgan fingerprint density at radius 1 is 1.17 bits per heavy atom. The summed E-state index contributed by atoms with van der Waals surface area (Å²) in [7, 11) is 3.34. The van der Waals surface area contributed by atoms with E-state index in [2.05, 4.69) is 15.2 Å². The minimum Gasteiger partial charge on any atom is -0.379 e. The molecule has 8 heteroatoms. The smallest absolute Gasteiger partial charge is 0.271 e. The van der Waals surface area contributed by atoms with Crippen LogP contribution in [0.5, 0.6) is 0 Å². The summed E-state index contributed by atoms with van der Waals surface area (Å²) in [6.45, 7) is 5.11. The van der Waals surface area contributed by atoms with Crippen molar-refractivity contribution in [3.05, 3.63) is 63.9 Å². The molecule has 1 aromatic carbocycles. The molecular formula is C22H27ClN4O3. The fourth-order valence-electron chi connectivity index (χ4n) is 3.47. The van der Waals surface area contributed by atoms with Crippen LogP contribution in [0.15, 0.2) is 36.4 Å². The van der Waals surface area contributed by atoms with Gasteiger partial charge in [-0.15, -0.1) is 0 Å². The average molecular weight is 431 g/mol. The number of nitrogens with zero attached hydrogens (tertiary/aromatic N) is 3. The maximum absolute atomic E-state index is 12.8. The molecule has 1 saturated heterocycles. The lowest BCUT2D eigenvalue weighted by Gasteiger charge is -2.35. The van der Waals surface area contributed by atoms with Crippen LogP contribution >= 0.6 is 11.6 Å². The lowest BCUT2D eigenvalue weighted by molar-refractivity contribution is 0.0162. The monoisotopic (exact) mass is 430 g/mol. The number of halogens is 1. The van der Waals surface area contributed by atoms with Gasteiger partial charge in [-0.3, -0.25) is 14.5 Å². The van der Waals surface area contributed by atoms with Crippen molar-refractivity contribution in [2.45, 2.75) is 13.0 Å². The van der Waals surface area contributed by atoms with E-state index in [1.807, 2.05) is 24.3 Å². The molecule has 30 heavy (non-hydrogen) atoms. The van der Waals surface area contributed by atoms with E-state index in [-0.39, 0.29) is 17.9 Å². The zero-order chi connectivity index (χ0) is 21.7. The number of nitrogens with one attached hydrogen (secondary N) is 1. The Labute approximate surface area is 182 Å². The molecule has 1 atom stereocenters. The number of ether oxygens (including phenoxy) is 1. The van der Waals surface area contributed by atoms with Crippen molar-refractivity contribution in [2.75, 3.05) is 46.9 Å². The van der Waals surface area contributed by atoms with E-state index in [9.17, 15) is 9.59 Å². The minimum atomic E-state index is -0.212. The van der Waals surface area contributed by atoms with Crippen molar-refractivity contribution in [2.24, 2.45) is 0 Å². The first-order valence-corrected chi connectivity index (χ1v) is 10.3. The zero-order valence-corrected chi connectivity index (χ0v) is 18.3. The van der Waals surface area contributed by atoms with Gasteiger partial charge in [-0.05, 0) is 36.8 Å². The fraction of sp³-hybridized carbons (Fsp3) is 0.409. The Bertz CT molecular complexity index is 896. The maximum Gasteiger partial charge on any atom is 0.271 e. The summed E-state index contributed by atoms with van der Waals surface area (Å²) in [6.07, 6.45) is 0. The number of aryl methyl sites for hydroxylation is 1. The molecule has 1 aromatic heterocycles. The van der Waals surface area contributed by atoms with E-state index < -0.39 is 0 Å². The third-order valence-corrected chi connectivity index (χ3v) is 5.40. The molecule has 1 unspecified atom stereocenters. The van der Waals surface area contributed by atoms with Gasteiger partial charge in [0.05, 0.1) is 30.5 Å². The number of benzene rings is 1. The van der Waals surface area contributed by atoms with Crippen LogP contribution in [0.4, 0.5) is 0 Å². The lowest BCUT2D eigenvalue weighted by Crippen LogP contribution is -2.44. The number of amides is 2. The average Bonchev–Trinajstić information content (AvgIpc) is 2.75. The summed E-state index contributed by atoms with van der Waals surface area (Å²) >= 11 is 6.04. The second-order valence-corrected chi connectivity index (χ2v) is 7.89. The number of aromatic nitrogens is 1. The molecule has 0 saturated carbocycles. The van der Waals surface area contributed by atoms with Gasteiger partial charge < -0.3 is 15.0 Å². The van der Waals surface area contributed by atoms with Gasteiger partial charge in [0.2, 0.25) is 0 Å². The Morgan fingerprint density at radius 3 is 2.43 bits per heavy atom. The third-order valence-electron chi connectivity index (χ3n) is 5.15. The third kappa shape index (κ3) is 5.36. The number of pyridine rings is 1. The number of carbonyl (C=O) groups excluding carboxylic acids is 2. The predicted octanol–water partition coefficient (Wildman–Crippen LogP) is 2.55. The van der Waals surface area contributed by atoms with Crippen molar-refractivity contribution >= 4 is 23.4 Å². The summed E-state index contributed by atoms with van der Waals surface area (Å²) in [5, 5.41) is 3.71. The Balaban J connectivity index is 1.74. The predicted molar refractivity (Wildman–Crippen MR) is 116 cm³/mol. The molecule has 0 radical (unpaired) electrons. The van der Waals surface area contributed by atoms with Crippen LogP contribution in [0.1, 0.15) is 38.1 Å². The molecule has 0 bridgehead atoms.